The number of nitrogens with one attached hydrogen (secondary N) is 1. The maximum Gasteiger partial charge on any atom is 0.416 e. The van der Waals surface area contributed by atoms with E-state index in [-0.39, 0.29) is 16.3 Å². The van der Waals surface area contributed by atoms with E-state index in [4.69, 9.17) is 0 Å². The van der Waals surface area contributed by atoms with Gasteiger partial charge in [-0.25, -0.2) is 9.98 Å². The first-order valence-electron chi connectivity index (χ1n) is 7.36. The first-order chi connectivity index (χ1) is 10.9. The van der Waals surface area contributed by atoms with Crippen LogP contribution >= 0.6 is 0 Å². The molecule has 2 aliphatic rings. The molecule has 0 bridgehead atoms. The van der Waals surface area contributed by atoms with Gasteiger partial charge < -0.3 is 5.32 Å². The summed E-state index contributed by atoms with van der Waals surface area (Å²) in [4.78, 5) is 29.5. The fourth-order valence-electron chi connectivity index (χ4n) is 2.91. The van der Waals surface area contributed by atoms with Gasteiger partial charge in [-0.3, -0.25) is 9.59 Å². The Balaban J connectivity index is 2.20. The lowest BCUT2D eigenvalue weighted by molar-refractivity contribution is -0.138. The molecule has 8 heteroatoms. The van der Waals surface area contributed by atoms with Crippen LogP contribution in [0.4, 0.5) is 13.2 Å². The molecule has 1 fully saturated rings. The molecule has 1 aromatic rings. The number of fused-ring (bicyclic) bond motifs is 1. The second kappa shape index (κ2) is 5.84. The predicted molar refractivity (Wildman–Crippen MR) is 73.0 cm³/mol. The number of alkyl halides is 3. The highest BCUT2D eigenvalue weighted by atomic mass is 19.4. The van der Waals surface area contributed by atoms with Crippen LogP contribution in [0.5, 0.6) is 0 Å². The van der Waals surface area contributed by atoms with Crippen LogP contribution in [0, 0.1) is 0 Å². The lowest BCUT2D eigenvalue weighted by atomic mass is 9.95. The Morgan fingerprint density at radius 3 is 2.30 bits per heavy atom. The molecule has 1 atom stereocenters. The smallest absolute Gasteiger partial charge is 0.310 e. The fourth-order valence-corrected chi connectivity index (χ4v) is 2.91. The van der Waals surface area contributed by atoms with E-state index in [2.05, 4.69) is 15.3 Å². The maximum atomic E-state index is 13.4. The molecule has 1 N–H and O–H groups in total. The van der Waals surface area contributed by atoms with Crippen molar-refractivity contribution in [2.75, 3.05) is 6.54 Å². The minimum Gasteiger partial charge on any atom is -0.310 e. The van der Waals surface area contributed by atoms with E-state index < -0.39 is 29.6 Å². The van der Waals surface area contributed by atoms with Crippen molar-refractivity contribution in [3.63, 3.8) is 0 Å². The minimum atomic E-state index is -4.57. The lowest BCUT2D eigenvalue weighted by Crippen LogP contribution is -2.37. The van der Waals surface area contributed by atoms with Gasteiger partial charge in [0.1, 0.15) is 0 Å². The molecular weight excluding hydrogens is 311 g/mol. The molecule has 0 spiro atoms. The Bertz CT molecular complexity index is 778. The molecule has 2 amide bonds. The van der Waals surface area contributed by atoms with E-state index in [1.54, 1.807) is 0 Å². The van der Waals surface area contributed by atoms with Crippen LogP contribution in [0.25, 0.3) is 0 Å². The molecule has 3 rings (SSSR count). The SMILES string of the molecule is O=C1N=c2cc(C3CCCCCN3)c(C(F)(F)F)cc2=NC1=O. The lowest BCUT2D eigenvalue weighted by Gasteiger charge is -2.21. The molecular formula is C15H14F3N3O2. The van der Waals surface area contributed by atoms with Crippen LogP contribution in [-0.2, 0) is 15.8 Å². The van der Waals surface area contributed by atoms with Crippen molar-refractivity contribution in [2.24, 2.45) is 9.98 Å². The molecule has 122 valence electrons. The van der Waals surface area contributed by atoms with Crippen molar-refractivity contribution in [1.29, 1.82) is 0 Å². The van der Waals surface area contributed by atoms with Gasteiger partial charge in [-0.1, -0.05) is 12.8 Å². The van der Waals surface area contributed by atoms with Gasteiger partial charge in [0.25, 0.3) is 0 Å². The summed E-state index contributed by atoms with van der Waals surface area (Å²) in [6.07, 6.45) is -1.30. The van der Waals surface area contributed by atoms with Gasteiger partial charge in [0.05, 0.1) is 16.3 Å². The number of carbonyl (C=O) groups excluding carboxylic acids is 2. The molecule has 5 nitrogen and oxygen atoms in total. The van der Waals surface area contributed by atoms with Crippen molar-refractivity contribution in [1.82, 2.24) is 5.32 Å². The number of halogens is 3. The first kappa shape index (κ1) is 15.8. The van der Waals surface area contributed by atoms with Crippen LogP contribution < -0.4 is 16.0 Å². The molecule has 1 aromatic carbocycles. The number of carbonyl (C=O) groups is 2. The van der Waals surface area contributed by atoms with Gasteiger partial charge in [-0.15, -0.1) is 0 Å². The highest BCUT2D eigenvalue weighted by Gasteiger charge is 2.36. The summed E-state index contributed by atoms with van der Waals surface area (Å²) >= 11 is 0. The fraction of sp³-hybridized carbons (Fsp3) is 0.467. The summed E-state index contributed by atoms with van der Waals surface area (Å²) in [5.74, 6) is -2.21. The Labute approximate surface area is 129 Å². The summed E-state index contributed by atoms with van der Waals surface area (Å²) in [5, 5.41) is 2.92. The summed E-state index contributed by atoms with van der Waals surface area (Å²) in [6, 6.07) is 1.59. The third-order valence-corrected chi connectivity index (χ3v) is 4.01. The normalized spacial score (nSPS) is 22.0. The van der Waals surface area contributed by atoms with Crippen LogP contribution in [0.1, 0.15) is 42.9 Å². The van der Waals surface area contributed by atoms with Crippen molar-refractivity contribution in [3.8, 4) is 0 Å². The van der Waals surface area contributed by atoms with Crippen molar-refractivity contribution >= 4 is 11.8 Å². The van der Waals surface area contributed by atoms with E-state index >= 15 is 0 Å². The largest absolute Gasteiger partial charge is 0.416 e. The number of amides is 2. The van der Waals surface area contributed by atoms with Crippen molar-refractivity contribution in [3.05, 3.63) is 34.0 Å². The number of nitrogens with zero attached hydrogens (tertiary/aromatic N) is 2. The quantitative estimate of drug-likeness (QED) is 0.789. The zero-order valence-corrected chi connectivity index (χ0v) is 12.1. The van der Waals surface area contributed by atoms with Crippen LogP contribution in [-0.4, -0.2) is 18.4 Å². The molecule has 2 heterocycles. The zero-order chi connectivity index (χ0) is 16.6. The van der Waals surface area contributed by atoms with Gasteiger partial charge in [-0.05, 0) is 37.1 Å². The Morgan fingerprint density at radius 1 is 1.00 bits per heavy atom. The number of benzene rings is 1. The van der Waals surface area contributed by atoms with Gasteiger partial charge in [0.15, 0.2) is 0 Å². The van der Waals surface area contributed by atoms with E-state index in [0.29, 0.717) is 13.0 Å². The van der Waals surface area contributed by atoms with Gasteiger partial charge >= 0.3 is 18.0 Å². The maximum absolute atomic E-state index is 13.4. The standard InChI is InChI=1S/C15H14F3N3O2/c16-15(17,18)9-7-12-11(20-13(22)14(23)21-12)6-8(9)10-4-2-1-3-5-19-10/h6-7,10,19H,1-5H2. The highest BCUT2D eigenvalue weighted by molar-refractivity contribution is 6.36. The molecule has 1 saturated heterocycles. The molecule has 0 radical (unpaired) electrons. The molecule has 1 unspecified atom stereocenters. The molecule has 2 aliphatic heterocycles. The Morgan fingerprint density at radius 2 is 1.65 bits per heavy atom. The van der Waals surface area contributed by atoms with Crippen LogP contribution in [0.3, 0.4) is 0 Å². The second-order valence-electron chi connectivity index (χ2n) is 5.62. The van der Waals surface area contributed by atoms with Crippen molar-refractivity contribution in [2.45, 2.75) is 37.9 Å². The Kier molecular flexibility index (Phi) is 4.01. The highest BCUT2D eigenvalue weighted by Crippen LogP contribution is 2.35. The number of rotatable bonds is 1. The second-order valence-corrected chi connectivity index (χ2v) is 5.62. The molecule has 0 aliphatic carbocycles. The van der Waals surface area contributed by atoms with Gasteiger partial charge in [0.2, 0.25) is 0 Å². The summed E-state index contributed by atoms with van der Waals surface area (Å²) < 4.78 is 40.2. The minimum absolute atomic E-state index is 0.0173. The third kappa shape index (κ3) is 3.17. The number of hydrogen-bond donors (Lipinski definition) is 1. The average molecular weight is 325 g/mol. The monoisotopic (exact) mass is 325 g/mol. The van der Waals surface area contributed by atoms with Crippen molar-refractivity contribution < 1.29 is 22.8 Å². The van der Waals surface area contributed by atoms with E-state index in [0.717, 1.165) is 25.3 Å². The van der Waals surface area contributed by atoms with Crippen LogP contribution in [0.15, 0.2) is 22.1 Å². The predicted octanol–water partition coefficient (Wildman–Crippen LogP) is 1.22. The topological polar surface area (TPSA) is 70.9 Å². The van der Waals surface area contributed by atoms with E-state index in [1.807, 2.05) is 0 Å². The van der Waals surface area contributed by atoms with E-state index in [1.165, 1.54) is 6.07 Å². The third-order valence-electron chi connectivity index (χ3n) is 4.01. The number of hydrogen-bond acceptors (Lipinski definition) is 3. The Hall–Kier alpha value is -2.09. The zero-order valence-electron chi connectivity index (χ0n) is 12.1. The molecule has 0 saturated carbocycles. The summed E-state index contributed by atoms with van der Waals surface area (Å²) in [6.45, 7) is 0.637. The first-order valence-corrected chi connectivity index (χ1v) is 7.36. The summed E-state index contributed by atoms with van der Waals surface area (Å²) in [7, 11) is 0. The molecule has 23 heavy (non-hydrogen) atoms. The average Bonchev–Trinajstić information content (AvgIpc) is 2.75. The van der Waals surface area contributed by atoms with E-state index in [9.17, 15) is 22.8 Å². The van der Waals surface area contributed by atoms with Gasteiger partial charge in [-0.2, -0.15) is 13.2 Å². The van der Waals surface area contributed by atoms with Gasteiger partial charge in [0, 0.05) is 6.04 Å². The molecule has 0 aromatic heterocycles. The van der Waals surface area contributed by atoms with Crippen LogP contribution in [0.2, 0.25) is 0 Å². The summed E-state index contributed by atoms with van der Waals surface area (Å²) in [5.41, 5.74) is -0.781.